The highest BCUT2D eigenvalue weighted by Gasteiger charge is 2.32. The largest absolute Gasteiger partial charge is 0.463 e. The van der Waals surface area contributed by atoms with Crippen molar-refractivity contribution in [2.75, 3.05) is 0 Å². The normalized spacial score (nSPS) is 38.7. The molecule has 2 nitrogen and oxygen atoms in total. The van der Waals surface area contributed by atoms with Crippen LogP contribution in [0.1, 0.15) is 110 Å². The second-order valence-electron chi connectivity index (χ2n) is 9.80. The molecule has 0 radical (unpaired) electrons. The summed E-state index contributed by atoms with van der Waals surface area (Å²) in [5.41, 5.74) is 0. The van der Waals surface area contributed by atoms with Crippen LogP contribution >= 0.6 is 0 Å². The Hall–Kier alpha value is -0.530. The molecule has 2 heteroatoms. The fraction of sp³-hybridized carbons (Fsp3) is 0.958. The van der Waals surface area contributed by atoms with Crippen LogP contribution in [0.5, 0.6) is 0 Å². The molecule has 26 heavy (non-hydrogen) atoms. The van der Waals surface area contributed by atoms with Gasteiger partial charge in [-0.25, -0.2) is 0 Å². The Morgan fingerprint density at radius 3 is 1.58 bits per heavy atom. The Morgan fingerprint density at radius 2 is 1.12 bits per heavy atom. The first-order valence-corrected chi connectivity index (χ1v) is 11.8. The molecular formula is C24H42O2. The minimum Gasteiger partial charge on any atom is -0.463 e. The number of hydrogen-bond donors (Lipinski definition) is 0. The molecule has 3 fully saturated rings. The maximum atomic E-state index is 11.1. The van der Waals surface area contributed by atoms with Crippen LogP contribution in [0.25, 0.3) is 0 Å². The predicted molar refractivity (Wildman–Crippen MR) is 108 cm³/mol. The average molecular weight is 363 g/mol. The molecule has 0 aromatic rings. The minimum atomic E-state index is -0.0999. The number of hydrogen-bond acceptors (Lipinski definition) is 2. The second kappa shape index (κ2) is 10.1. The lowest BCUT2D eigenvalue weighted by molar-refractivity contribution is -0.148. The van der Waals surface area contributed by atoms with Crippen LogP contribution < -0.4 is 0 Å². The van der Waals surface area contributed by atoms with Gasteiger partial charge in [0.05, 0.1) is 0 Å². The fourth-order valence-electron chi connectivity index (χ4n) is 6.26. The molecule has 0 atom stereocenters. The summed E-state index contributed by atoms with van der Waals surface area (Å²) in [6.45, 7) is 3.91. The highest BCUT2D eigenvalue weighted by molar-refractivity contribution is 5.66. The van der Waals surface area contributed by atoms with Crippen molar-refractivity contribution in [3.8, 4) is 0 Å². The highest BCUT2D eigenvalue weighted by Crippen LogP contribution is 2.42. The van der Waals surface area contributed by atoms with Gasteiger partial charge in [-0.2, -0.15) is 0 Å². The number of ether oxygens (including phenoxy) is 1. The maximum absolute atomic E-state index is 11.1. The summed E-state index contributed by atoms with van der Waals surface area (Å²) in [6, 6.07) is 0. The Morgan fingerprint density at radius 1 is 0.692 bits per heavy atom. The van der Waals surface area contributed by atoms with E-state index in [4.69, 9.17) is 4.74 Å². The van der Waals surface area contributed by atoms with E-state index in [0.29, 0.717) is 0 Å². The molecule has 0 aliphatic heterocycles. The van der Waals surface area contributed by atoms with Crippen molar-refractivity contribution in [3.05, 3.63) is 0 Å². The molecule has 0 spiro atoms. The number of rotatable bonds is 6. The van der Waals surface area contributed by atoms with Gasteiger partial charge >= 0.3 is 5.97 Å². The van der Waals surface area contributed by atoms with Crippen LogP contribution in [0.4, 0.5) is 0 Å². The molecule has 3 aliphatic rings. The first-order chi connectivity index (χ1) is 12.6. The van der Waals surface area contributed by atoms with Gasteiger partial charge in [0.25, 0.3) is 0 Å². The molecule has 0 heterocycles. The van der Waals surface area contributed by atoms with Gasteiger partial charge in [0.15, 0.2) is 0 Å². The molecule has 0 bridgehead atoms. The van der Waals surface area contributed by atoms with Gasteiger partial charge in [0, 0.05) is 6.92 Å². The molecule has 3 saturated carbocycles. The van der Waals surface area contributed by atoms with Crippen molar-refractivity contribution in [2.45, 2.75) is 116 Å². The summed E-state index contributed by atoms with van der Waals surface area (Å²) in [5, 5.41) is 0. The average Bonchev–Trinajstić information content (AvgIpc) is 2.67. The van der Waals surface area contributed by atoms with Crippen LogP contribution in [0.2, 0.25) is 0 Å². The van der Waals surface area contributed by atoms with E-state index < -0.39 is 0 Å². The van der Waals surface area contributed by atoms with Crippen molar-refractivity contribution in [1.82, 2.24) is 0 Å². The van der Waals surface area contributed by atoms with Gasteiger partial charge in [0.2, 0.25) is 0 Å². The molecule has 0 unspecified atom stereocenters. The van der Waals surface area contributed by atoms with E-state index in [0.717, 1.165) is 42.4 Å². The van der Waals surface area contributed by atoms with Gasteiger partial charge in [-0.1, -0.05) is 64.7 Å². The molecule has 3 aliphatic carbocycles. The van der Waals surface area contributed by atoms with E-state index in [2.05, 4.69) is 6.92 Å². The summed E-state index contributed by atoms with van der Waals surface area (Å²) in [6.07, 6.45) is 21.3. The molecule has 0 aromatic carbocycles. The van der Waals surface area contributed by atoms with Gasteiger partial charge in [-0.15, -0.1) is 0 Å². The van der Waals surface area contributed by atoms with E-state index in [1.165, 1.54) is 83.5 Å². The summed E-state index contributed by atoms with van der Waals surface area (Å²) in [5.74, 6) is 4.88. The zero-order valence-corrected chi connectivity index (χ0v) is 17.4. The summed E-state index contributed by atoms with van der Waals surface area (Å²) >= 11 is 0. The van der Waals surface area contributed by atoms with E-state index >= 15 is 0 Å². The maximum Gasteiger partial charge on any atom is 0.302 e. The van der Waals surface area contributed by atoms with Gasteiger partial charge in [-0.3, -0.25) is 4.79 Å². The lowest BCUT2D eigenvalue weighted by Crippen LogP contribution is -2.29. The molecule has 0 N–H and O–H groups in total. The third-order valence-electron chi connectivity index (χ3n) is 8.14. The highest BCUT2D eigenvalue weighted by atomic mass is 16.5. The van der Waals surface area contributed by atoms with Gasteiger partial charge in [0.1, 0.15) is 6.10 Å². The van der Waals surface area contributed by atoms with Crippen molar-refractivity contribution in [2.24, 2.45) is 29.6 Å². The Bertz CT molecular complexity index is 408. The monoisotopic (exact) mass is 362 g/mol. The van der Waals surface area contributed by atoms with E-state index in [-0.39, 0.29) is 12.1 Å². The van der Waals surface area contributed by atoms with Crippen LogP contribution in [-0.4, -0.2) is 12.1 Å². The zero-order chi connectivity index (χ0) is 18.4. The SMILES string of the molecule is CCC1CCC(CCC2CCC(C3CCC(OC(C)=O)CC3)CC2)CC1. The van der Waals surface area contributed by atoms with Crippen molar-refractivity contribution < 1.29 is 9.53 Å². The zero-order valence-electron chi connectivity index (χ0n) is 17.4. The minimum absolute atomic E-state index is 0.0999. The van der Waals surface area contributed by atoms with Crippen LogP contribution in [0.3, 0.4) is 0 Å². The molecular weight excluding hydrogens is 320 g/mol. The van der Waals surface area contributed by atoms with Crippen LogP contribution in [-0.2, 0) is 9.53 Å². The number of esters is 1. The predicted octanol–water partition coefficient (Wildman–Crippen LogP) is 6.91. The first kappa shape index (κ1) is 20.2. The lowest BCUT2D eigenvalue weighted by atomic mass is 9.69. The van der Waals surface area contributed by atoms with Crippen molar-refractivity contribution >= 4 is 5.97 Å². The number of carbonyl (C=O) groups excluding carboxylic acids is 1. The molecule has 0 aromatic heterocycles. The van der Waals surface area contributed by atoms with Crippen molar-refractivity contribution in [3.63, 3.8) is 0 Å². The smallest absolute Gasteiger partial charge is 0.302 e. The fourth-order valence-corrected chi connectivity index (χ4v) is 6.26. The quantitative estimate of drug-likeness (QED) is 0.480. The first-order valence-electron chi connectivity index (χ1n) is 11.8. The molecule has 3 rings (SSSR count). The summed E-state index contributed by atoms with van der Waals surface area (Å²) in [7, 11) is 0. The van der Waals surface area contributed by atoms with Gasteiger partial charge < -0.3 is 4.74 Å². The van der Waals surface area contributed by atoms with Gasteiger partial charge in [-0.05, 0) is 68.1 Å². The van der Waals surface area contributed by atoms with E-state index in [1.54, 1.807) is 6.92 Å². The Labute approximate surface area is 161 Å². The summed E-state index contributed by atoms with van der Waals surface area (Å²) < 4.78 is 5.41. The standard InChI is InChI=1S/C24H42O2/c1-3-19-4-6-20(7-5-19)8-9-21-10-12-22(13-11-21)23-14-16-24(17-15-23)26-18(2)25/h19-24H,3-17H2,1-2H3. The third-order valence-corrected chi connectivity index (χ3v) is 8.14. The topological polar surface area (TPSA) is 26.3 Å². The van der Waals surface area contributed by atoms with Crippen LogP contribution in [0.15, 0.2) is 0 Å². The summed E-state index contributed by atoms with van der Waals surface area (Å²) in [4.78, 5) is 11.1. The molecule has 0 saturated heterocycles. The lowest BCUT2D eigenvalue weighted by Gasteiger charge is -2.38. The van der Waals surface area contributed by atoms with E-state index in [1.807, 2.05) is 0 Å². The Kier molecular flexibility index (Phi) is 7.88. The van der Waals surface area contributed by atoms with Crippen LogP contribution in [0, 0.1) is 29.6 Å². The third kappa shape index (κ3) is 5.99. The Balaban J connectivity index is 1.29. The second-order valence-corrected chi connectivity index (χ2v) is 9.80. The van der Waals surface area contributed by atoms with Crippen molar-refractivity contribution in [1.29, 1.82) is 0 Å². The molecule has 150 valence electrons. The number of carbonyl (C=O) groups is 1. The molecule has 0 amide bonds. The van der Waals surface area contributed by atoms with E-state index in [9.17, 15) is 4.79 Å².